The molecule has 0 aromatic heterocycles. The molecule has 2 heterocycles. The molecule has 0 unspecified atom stereocenters. The number of fused-ring (bicyclic) bond motifs is 1. The number of amidine groups is 1. The summed E-state index contributed by atoms with van der Waals surface area (Å²) >= 11 is 1.46. The van der Waals surface area contributed by atoms with Crippen LogP contribution >= 0.6 is 11.8 Å². The average molecular weight is 437 g/mol. The van der Waals surface area contributed by atoms with Crippen LogP contribution in [-0.2, 0) is 15.6 Å². The molecular weight excluding hydrogens is 415 g/mol. The number of sulfone groups is 1. The Morgan fingerprint density at radius 2 is 2.00 bits per heavy atom. The van der Waals surface area contributed by atoms with Crippen molar-refractivity contribution >= 4 is 32.5 Å². The molecule has 29 heavy (non-hydrogen) atoms. The van der Waals surface area contributed by atoms with Gasteiger partial charge in [-0.25, -0.2) is 12.8 Å². The summed E-state index contributed by atoms with van der Waals surface area (Å²) in [5, 5.41) is 0.700. The van der Waals surface area contributed by atoms with E-state index >= 15 is 0 Å². The highest BCUT2D eigenvalue weighted by Gasteiger charge is 2.47. The van der Waals surface area contributed by atoms with E-state index < -0.39 is 9.84 Å². The van der Waals surface area contributed by atoms with Crippen molar-refractivity contribution in [2.75, 3.05) is 30.6 Å². The normalized spacial score (nSPS) is 22.3. The minimum absolute atomic E-state index is 0.0322. The number of anilines is 1. The number of hydrogen-bond acceptors (Lipinski definition) is 7. The number of ether oxygens (including phenoxy) is 2. The molecule has 1 fully saturated rings. The summed E-state index contributed by atoms with van der Waals surface area (Å²) in [6.07, 6.45) is 0. The van der Waals surface area contributed by atoms with Crippen LogP contribution in [0.4, 0.5) is 10.1 Å². The van der Waals surface area contributed by atoms with Crippen LogP contribution in [0.2, 0.25) is 0 Å². The Morgan fingerprint density at radius 3 is 2.72 bits per heavy atom. The fourth-order valence-electron chi connectivity index (χ4n) is 3.67. The summed E-state index contributed by atoms with van der Waals surface area (Å²) in [5.41, 5.74) is 1.54. The molecular formula is C20H21FN2O4S2. The minimum atomic E-state index is -3.16. The van der Waals surface area contributed by atoms with Crippen LogP contribution < -0.4 is 14.4 Å². The predicted octanol–water partition coefficient (Wildman–Crippen LogP) is 3.12. The highest BCUT2D eigenvalue weighted by Crippen LogP contribution is 2.41. The van der Waals surface area contributed by atoms with E-state index in [0.717, 1.165) is 5.56 Å². The Morgan fingerprint density at radius 1 is 1.17 bits per heavy atom. The van der Waals surface area contributed by atoms with Gasteiger partial charge >= 0.3 is 0 Å². The van der Waals surface area contributed by atoms with Crippen LogP contribution in [-0.4, -0.2) is 51.4 Å². The largest absolute Gasteiger partial charge is 0.497 e. The minimum Gasteiger partial charge on any atom is -0.497 e. The number of methoxy groups -OCH3 is 2. The molecule has 0 saturated carbocycles. The standard InChI is InChI=1S/C20H21FN2O4S2/c1-26-15-6-7-19(27-2)17(9-15)23-18-12-29(24,25)11-16(18)22-20(23)28-10-13-4-3-5-14(21)8-13/h3-9,16,18H,10-12H2,1-2H3/t16-,18-/m0/s1. The molecule has 0 bridgehead atoms. The third-order valence-electron chi connectivity index (χ3n) is 5.01. The van der Waals surface area contributed by atoms with Crippen molar-refractivity contribution in [2.45, 2.75) is 17.8 Å². The van der Waals surface area contributed by atoms with Crippen LogP contribution in [0.3, 0.4) is 0 Å². The molecule has 2 aliphatic heterocycles. The maximum Gasteiger partial charge on any atom is 0.164 e. The number of nitrogens with zero attached hydrogens (tertiary/aromatic N) is 2. The number of benzene rings is 2. The second-order valence-corrected chi connectivity index (χ2v) is 10.0. The molecule has 0 aliphatic carbocycles. The Hall–Kier alpha value is -2.26. The van der Waals surface area contributed by atoms with E-state index in [-0.39, 0.29) is 29.4 Å². The molecule has 0 N–H and O–H groups in total. The molecule has 6 nitrogen and oxygen atoms in total. The van der Waals surface area contributed by atoms with Gasteiger partial charge in [-0.1, -0.05) is 23.9 Å². The summed E-state index contributed by atoms with van der Waals surface area (Å²) in [5.74, 6) is 1.54. The van der Waals surface area contributed by atoms with Crippen molar-refractivity contribution in [2.24, 2.45) is 4.99 Å². The molecule has 0 spiro atoms. The predicted molar refractivity (Wildman–Crippen MR) is 113 cm³/mol. The Bertz CT molecular complexity index is 1060. The second-order valence-electron chi connectivity index (χ2n) is 6.95. The first kappa shape index (κ1) is 20.0. The van der Waals surface area contributed by atoms with Gasteiger partial charge in [0.25, 0.3) is 0 Å². The maximum absolute atomic E-state index is 13.5. The SMILES string of the molecule is COc1ccc(OC)c(N2C(SCc3cccc(F)c3)=N[C@H]3CS(=O)(=O)C[C@@H]32)c1. The molecule has 1 saturated heterocycles. The van der Waals surface area contributed by atoms with E-state index in [2.05, 4.69) is 0 Å². The fraction of sp³-hybridized carbons (Fsp3) is 0.350. The van der Waals surface area contributed by atoms with Crippen molar-refractivity contribution in [3.05, 3.63) is 53.8 Å². The summed E-state index contributed by atoms with van der Waals surface area (Å²) in [6.45, 7) is 0. The third kappa shape index (κ3) is 4.06. The van der Waals surface area contributed by atoms with Gasteiger partial charge in [0.2, 0.25) is 0 Å². The van der Waals surface area contributed by atoms with Gasteiger partial charge in [0.05, 0.1) is 43.5 Å². The third-order valence-corrected chi connectivity index (χ3v) is 7.75. The van der Waals surface area contributed by atoms with Crippen LogP contribution in [0.1, 0.15) is 5.56 Å². The van der Waals surface area contributed by atoms with Crippen molar-refractivity contribution in [1.82, 2.24) is 0 Å². The van der Waals surface area contributed by atoms with E-state index in [4.69, 9.17) is 14.5 Å². The highest BCUT2D eigenvalue weighted by molar-refractivity contribution is 8.13. The zero-order valence-electron chi connectivity index (χ0n) is 16.0. The molecule has 2 aliphatic rings. The second kappa shape index (κ2) is 7.87. The van der Waals surface area contributed by atoms with E-state index in [1.54, 1.807) is 32.4 Å². The summed E-state index contributed by atoms with van der Waals surface area (Å²) in [6, 6.07) is 11.2. The highest BCUT2D eigenvalue weighted by atomic mass is 32.2. The Balaban J connectivity index is 1.69. The molecule has 2 aromatic carbocycles. The van der Waals surface area contributed by atoms with Crippen molar-refractivity contribution in [1.29, 1.82) is 0 Å². The van der Waals surface area contributed by atoms with Crippen LogP contribution in [0, 0.1) is 5.82 Å². The van der Waals surface area contributed by atoms with Gasteiger partial charge < -0.3 is 14.4 Å². The maximum atomic E-state index is 13.5. The van der Waals surface area contributed by atoms with Crippen molar-refractivity contribution in [3.8, 4) is 11.5 Å². The number of thioether (sulfide) groups is 1. The molecule has 2 atom stereocenters. The topological polar surface area (TPSA) is 68.2 Å². The zero-order valence-corrected chi connectivity index (χ0v) is 17.7. The Labute approximate surface area is 173 Å². The lowest BCUT2D eigenvalue weighted by Gasteiger charge is -2.28. The lowest BCUT2D eigenvalue weighted by atomic mass is 10.1. The van der Waals surface area contributed by atoms with Crippen LogP contribution in [0.15, 0.2) is 47.5 Å². The van der Waals surface area contributed by atoms with Gasteiger partial charge in [0, 0.05) is 11.8 Å². The first-order valence-corrected chi connectivity index (χ1v) is 11.9. The number of hydrogen-bond donors (Lipinski definition) is 0. The van der Waals surface area contributed by atoms with Gasteiger partial charge in [-0.3, -0.25) is 4.99 Å². The van der Waals surface area contributed by atoms with Gasteiger partial charge in [-0.05, 0) is 29.8 Å². The van der Waals surface area contributed by atoms with E-state index in [9.17, 15) is 12.8 Å². The van der Waals surface area contributed by atoms with E-state index in [1.165, 1.54) is 23.9 Å². The first-order chi connectivity index (χ1) is 13.9. The summed E-state index contributed by atoms with van der Waals surface area (Å²) in [7, 11) is -0.0116. The smallest absolute Gasteiger partial charge is 0.164 e. The molecule has 2 aromatic rings. The number of halogens is 1. The van der Waals surface area contributed by atoms with E-state index in [0.29, 0.717) is 28.1 Å². The first-order valence-electron chi connectivity index (χ1n) is 9.07. The fourth-order valence-corrected chi connectivity index (χ4v) is 6.58. The monoisotopic (exact) mass is 436 g/mol. The quantitative estimate of drug-likeness (QED) is 0.718. The van der Waals surface area contributed by atoms with E-state index in [1.807, 2.05) is 17.0 Å². The van der Waals surface area contributed by atoms with Crippen LogP contribution in [0.25, 0.3) is 0 Å². The Kier molecular flexibility index (Phi) is 5.44. The lowest BCUT2D eigenvalue weighted by Crippen LogP contribution is -2.39. The van der Waals surface area contributed by atoms with Gasteiger partial charge in [0.1, 0.15) is 17.3 Å². The van der Waals surface area contributed by atoms with Crippen molar-refractivity contribution < 1.29 is 22.3 Å². The van der Waals surface area contributed by atoms with Gasteiger partial charge in [0.15, 0.2) is 15.0 Å². The van der Waals surface area contributed by atoms with Gasteiger partial charge in [-0.15, -0.1) is 0 Å². The zero-order chi connectivity index (χ0) is 20.6. The molecule has 4 rings (SSSR count). The molecule has 0 amide bonds. The molecule has 9 heteroatoms. The summed E-state index contributed by atoms with van der Waals surface area (Å²) in [4.78, 5) is 6.64. The van der Waals surface area contributed by atoms with Crippen LogP contribution in [0.5, 0.6) is 11.5 Å². The average Bonchev–Trinajstić information content (AvgIpc) is 3.16. The number of rotatable bonds is 5. The molecule has 0 radical (unpaired) electrons. The summed E-state index contributed by atoms with van der Waals surface area (Å²) < 4.78 is 48.8. The van der Waals surface area contributed by atoms with Gasteiger partial charge in [-0.2, -0.15) is 0 Å². The molecule has 154 valence electrons. The van der Waals surface area contributed by atoms with Crippen molar-refractivity contribution in [3.63, 3.8) is 0 Å². The number of aliphatic imine (C=N–C) groups is 1. The lowest BCUT2D eigenvalue weighted by molar-refractivity contribution is 0.403.